The Morgan fingerprint density at radius 2 is 2.00 bits per heavy atom. The second-order valence-electron chi connectivity index (χ2n) is 7.51. The number of benzene rings is 2. The summed E-state index contributed by atoms with van der Waals surface area (Å²) in [4.78, 5) is 17.5. The molecule has 1 amide bonds. The van der Waals surface area contributed by atoms with Gasteiger partial charge < -0.3 is 14.5 Å². The number of amides is 1. The van der Waals surface area contributed by atoms with Crippen LogP contribution in [0.3, 0.4) is 0 Å². The Hall–Kier alpha value is -3.46. The second-order valence-corrected chi connectivity index (χ2v) is 8.43. The van der Waals surface area contributed by atoms with E-state index in [1.54, 1.807) is 11.8 Å². The largest absolute Gasteiger partial charge is 0.496 e. The Labute approximate surface area is 200 Å². The maximum absolute atomic E-state index is 12.8. The number of hydrogen-bond acceptors (Lipinski definition) is 6. The van der Waals surface area contributed by atoms with Crippen molar-refractivity contribution < 1.29 is 13.9 Å². The highest BCUT2D eigenvalue weighted by atomic mass is 79.9. The number of methoxy groups -OCH3 is 1. The van der Waals surface area contributed by atoms with Crippen LogP contribution in [0.4, 0.5) is 5.69 Å². The topological polar surface area (TPSA) is 95.1 Å². The van der Waals surface area contributed by atoms with Crippen molar-refractivity contribution in [2.24, 2.45) is 0 Å². The first-order valence-electron chi connectivity index (χ1n) is 10.5. The number of aromatic nitrogens is 4. The van der Waals surface area contributed by atoms with Gasteiger partial charge in [-0.15, -0.1) is 5.10 Å². The highest BCUT2D eigenvalue weighted by Crippen LogP contribution is 2.33. The van der Waals surface area contributed by atoms with Gasteiger partial charge in [0, 0.05) is 10.2 Å². The Kier molecular flexibility index (Phi) is 6.60. The molecule has 2 aromatic heterocycles. The lowest BCUT2D eigenvalue weighted by Gasteiger charge is -2.08. The zero-order valence-corrected chi connectivity index (χ0v) is 20.4. The third-order valence-corrected chi connectivity index (χ3v) is 5.92. The summed E-state index contributed by atoms with van der Waals surface area (Å²) in [6, 6.07) is 13.4. The summed E-state index contributed by atoms with van der Waals surface area (Å²) < 4.78 is 13.9. The number of aryl methyl sites for hydroxylation is 2. The molecule has 33 heavy (non-hydrogen) atoms. The van der Waals surface area contributed by atoms with Gasteiger partial charge in [0.15, 0.2) is 5.69 Å². The number of para-hydroxylation sites is 1. The van der Waals surface area contributed by atoms with E-state index in [0.29, 0.717) is 35.3 Å². The second kappa shape index (κ2) is 9.58. The number of ether oxygens (including phenoxy) is 1. The van der Waals surface area contributed by atoms with Gasteiger partial charge in [-0.05, 0) is 50.1 Å². The van der Waals surface area contributed by atoms with Crippen LogP contribution in [0, 0.1) is 13.8 Å². The van der Waals surface area contributed by atoms with E-state index in [1.807, 2.05) is 63.2 Å². The van der Waals surface area contributed by atoms with Crippen molar-refractivity contribution in [1.29, 1.82) is 0 Å². The molecule has 170 valence electrons. The van der Waals surface area contributed by atoms with Crippen molar-refractivity contribution in [2.45, 2.75) is 33.7 Å². The molecule has 0 aliphatic carbocycles. The van der Waals surface area contributed by atoms with E-state index >= 15 is 0 Å². The van der Waals surface area contributed by atoms with Crippen LogP contribution < -0.4 is 10.1 Å². The number of nitrogens with one attached hydrogen (secondary N) is 1. The van der Waals surface area contributed by atoms with Gasteiger partial charge in [0.2, 0.25) is 5.89 Å². The van der Waals surface area contributed by atoms with Crippen molar-refractivity contribution in [3.8, 4) is 17.2 Å². The molecule has 9 heteroatoms. The van der Waals surface area contributed by atoms with Crippen LogP contribution in [-0.4, -0.2) is 33.0 Å². The Morgan fingerprint density at radius 1 is 1.21 bits per heavy atom. The van der Waals surface area contributed by atoms with Gasteiger partial charge in [-0.1, -0.05) is 46.3 Å². The first kappa shape index (κ1) is 22.7. The van der Waals surface area contributed by atoms with E-state index in [1.165, 1.54) is 0 Å². The maximum atomic E-state index is 12.8. The lowest BCUT2D eigenvalue weighted by atomic mass is 10.1. The molecular formula is C24H24BrN5O3. The minimum atomic E-state index is -0.295. The van der Waals surface area contributed by atoms with Gasteiger partial charge in [-0.2, -0.15) is 0 Å². The van der Waals surface area contributed by atoms with Crippen molar-refractivity contribution in [1.82, 2.24) is 20.0 Å². The zero-order chi connectivity index (χ0) is 23.5. The molecule has 8 nitrogen and oxygen atoms in total. The minimum Gasteiger partial charge on any atom is -0.496 e. The third-order valence-electron chi connectivity index (χ3n) is 5.43. The van der Waals surface area contributed by atoms with Crippen LogP contribution in [0.15, 0.2) is 51.4 Å². The molecule has 0 spiro atoms. The molecule has 0 bridgehead atoms. The standard InChI is InChI=1S/C24H24BrN5O3/c1-5-16-8-6-7-9-19(16)26-23(31)22-14(2)30(29-28-22)13-20-15(3)33-24(27-20)18-12-17(25)10-11-21(18)32-4/h6-12H,5,13H2,1-4H3,(H,26,31). The SMILES string of the molecule is CCc1ccccc1NC(=O)c1nnn(Cc2nc(-c3cc(Br)ccc3OC)oc2C)c1C. The Balaban J connectivity index is 1.57. The molecular weight excluding hydrogens is 486 g/mol. The first-order chi connectivity index (χ1) is 15.9. The quantitative estimate of drug-likeness (QED) is 0.368. The van der Waals surface area contributed by atoms with Gasteiger partial charge in [-0.3, -0.25) is 4.79 Å². The zero-order valence-electron chi connectivity index (χ0n) is 18.8. The van der Waals surface area contributed by atoms with Crippen molar-refractivity contribution in [3.05, 3.63) is 75.3 Å². The number of nitrogens with zero attached hydrogens (tertiary/aromatic N) is 4. The summed E-state index contributed by atoms with van der Waals surface area (Å²) in [5, 5.41) is 11.2. The number of rotatable bonds is 7. The Bertz CT molecular complexity index is 1310. The fourth-order valence-electron chi connectivity index (χ4n) is 3.53. The number of halogens is 1. The monoisotopic (exact) mass is 509 g/mol. The van der Waals surface area contributed by atoms with Crippen LogP contribution in [0.1, 0.15) is 40.1 Å². The summed E-state index contributed by atoms with van der Waals surface area (Å²) in [5.41, 5.74) is 4.19. The van der Waals surface area contributed by atoms with Crippen LogP contribution in [-0.2, 0) is 13.0 Å². The molecule has 0 saturated carbocycles. The predicted molar refractivity (Wildman–Crippen MR) is 129 cm³/mol. The van der Waals surface area contributed by atoms with Crippen molar-refractivity contribution in [3.63, 3.8) is 0 Å². The molecule has 0 fully saturated rings. The summed E-state index contributed by atoms with van der Waals surface area (Å²) in [5.74, 6) is 1.47. The van der Waals surface area contributed by atoms with Crippen LogP contribution in [0.2, 0.25) is 0 Å². The predicted octanol–water partition coefficient (Wildman–Crippen LogP) is 5.18. The normalized spacial score (nSPS) is 10.9. The summed E-state index contributed by atoms with van der Waals surface area (Å²) in [6.07, 6.45) is 0.818. The molecule has 0 aliphatic heterocycles. The number of anilines is 1. The molecule has 4 rings (SSSR count). The number of oxazole rings is 1. The van der Waals surface area contributed by atoms with E-state index in [4.69, 9.17) is 9.15 Å². The third kappa shape index (κ3) is 4.68. The fourth-order valence-corrected chi connectivity index (χ4v) is 3.89. The molecule has 0 unspecified atom stereocenters. The lowest BCUT2D eigenvalue weighted by Crippen LogP contribution is -2.15. The molecule has 1 N–H and O–H groups in total. The number of carbonyl (C=O) groups excluding carboxylic acids is 1. The van der Waals surface area contributed by atoms with Gasteiger partial charge in [0.05, 0.1) is 24.9 Å². The highest BCUT2D eigenvalue weighted by Gasteiger charge is 2.21. The number of hydrogen-bond donors (Lipinski definition) is 1. The van der Waals surface area contributed by atoms with E-state index < -0.39 is 0 Å². The Morgan fingerprint density at radius 3 is 2.76 bits per heavy atom. The highest BCUT2D eigenvalue weighted by molar-refractivity contribution is 9.10. The van der Waals surface area contributed by atoms with Crippen LogP contribution in [0.5, 0.6) is 5.75 Å². The van der Waals surface area contributed by atoms with E-state index in [9.17, 15) is 4.79 Å². The minimum absolute atomic E-state index is 0.274. The molecule has 0 radical (unpaired) electrons. The van der Waals surface area contributed by atoms with Gasteiger partial charge in [0.1, 0.15) is 17.2 Å². The number of carbonyl (C=O) groups is 1. The molecule has 4 aromatic rings. The lowest BCUT2D eigenvalue weighted by molar-refractivity contribution is 0.102. The average molecular weight is 510 g/mol. The summed E-state index contributed by atoms with van der Waals surface area (Å²) in [6.45, 7) is 6.03. The molecule has 2 aromatic carbocycles. The molecule has 0 atom stereocenters. The van der Waals surface area contributed by atoms with Gasteiger partial charge in [0.25, 0.3) is 5.91 Å². The average Bonchev–Trinajstić information content (AvgIpc) is 3.36. The van der Waals surface area contributed by atoms with E-state index in [-0.39, 0.29) is 11.6 Å². The summed E-state index contributed by atoms with van der Waals surface area (Å²) >= 11 is 3.48. The van der Waals surface area contributed by atoms with E-state index in [0.717, 1.165) is 27.7 Å². The van der Waals surface area contributed by atoms with Gasteiger partial charge >= 0.3 is 0 Å². The molecule has 0 aliphatic rings. The van der Waals surface area contributed by atoms with Gasteiger partial charge in [-0.25, -0.2) is 9.67 Å². The molecule has 0 saturated heterocycles. The van der Waals surface area contributed by atoms with Crippen molar-refractivity contribution in [2.75, 3.05) is 12.4 Å². The fraction of sp³-hybridized carbons (Fsp3) is 0.250. The molecule has 2 heterocycles. The van der Waals surface area contributed by atoms with Crippen LogP contribution >= 0.6 is 15.9 Å². The van der Waals surface area contributed by atoms with E-state index in [2.05, 4.69) is 36.5 Å². The maximum Gasteiger partial charge on any atom is 0.278 e. The first-order valence-corrected chi connectivity index (χ1v) is 11.3. The summed E-state index contributed by atoms with van der Waals surface area (Å²) in [7, 11) is 1.60. The van der Waals surface area contributed by atoms with Crippen LogP contribution in [0.25, 0.3) is 11.5 Å². The smallest absolute Gasteiger partial charge is 0.278 e. The van der Waals surface area contributed by atoms with Crippen molar-refractivity contribution >= 4 is 27.5 Å².